The average Bonchev–Trinajstić information content (AvgIpc) is 2.82. The molecule has 1 atom stereocenters. The summed E-state index contributed by atoms with van der Waals surface area (Å²) in [4.78, 5) is 30.4. The van der Waals surface area contributed by atoms with Crippen molar-refractivity contribution in [2.75, 3.05) is 26.7 Å². The molecular formula is C27H31N3O2. The van der Waals surface area contributed by atoms with Crippen molar-refractivity contribution in [3.8, 4) is 0 Å². The predicted molar refractivity (Wildman–Crippen MR) is 128 cm³/mol. The summed E-state index contributed by atoms with van der Waals surface area (Å²) in [5.41, 5.74) is 2.10. The molecule has 0 aromatic heterocycles. The zero-order valence-corrected chi connectivity index (χ0v) is 18.7. The Bertz CT molecular complexity index is 1070. The van der Waals surface area contributed by atoms with Crippen LogP contribution in [0, 0.1) is 0 Å². The number of rotatable bonds is 8. The van der Waals surface area contributed by atoms with Gasteiger partial charge in [-0.05, 0) is 48.3 Å². The van der Waals surface area contributed by atoms with Crippen molar-refractivity contribution in [1.29, 1.82) is 0 Å². The summed E-state index contributed by atoms with van der Waals surface area (Å²) in [5, 5.41) is 5.44. The summed E-state index contributed by atoms with van der Waals surface area (Å²) in [7, 11) is 1.91. The number of piperazine rings is 1. The second-order valence-corrected chi connectivity index (χ2v) is 8.45. The first kappa shape index (κ1) is 22.0. The number of carbonyl (C=O) groups is 2. The summed E-state index contributed by atoms with van der Waals surface area (Å²) in [6.07, 6.45) is 1.85. The minimum absolute atomic E-state index is 0.0300. The van der Waals surface area contributed by atoms with Crippen molar-refractivity contribution < 1.29 is 9.59 Å². The van der Waals surface area contributed by atoms with E-state index in [2.05, 4.69) is 29.6 Å². The Morgan fingerprint density at radius 1 is 0.938 bits per heavy atom. The highest BCUT2D eigenvalue weighted by Crippen LogP contribution is 2.21. The van der Waals surface area contributed by atoms with Crippen LogP contribution in [-0.4, -0.2) is 54.3 Å². The molecular weight excluding hydrogens is 398 g/mol. The summed E-state index contributed by atoms with van der Waals surface area (Å²) in [6, 6.07) is 24.0. The minimum Gasteiger partial charge on any atom is -0.335 e. The Morgan fingerprint density at radius 2 is 1.69 bits per heavy atom. The molecule has 5 nitrogen and oxygen atoms in total. The molecule has 4 rings (SSSR count). The van der Waals surface area contributed by atoms with E-state index >= 15 is 0 Å². The number of nitrogens with one attached hydrogen (secondary N) is 1. The van der Waals surface area contributed by atoms with E-state index in [9.17, 15) is 9.59 Å². The van der Waals surface area contributed by atoms with E-state index in [0.29, 0.717) is 32.5 Å². The quantitative estimate of drug-likeness (QED) is 0.557. The van der Waals surface area contributed by atoms with Gasteiger partial charge < -0.3 is 15.1 Å². The van der Waals surface area contributed by atoms with Gasteiger partial charge in [0.1, 0.15) is 6.04 Å². The van der Waals surface area contributed by atoms with Crippen LogP contribution in [0.25, 0.3) is 10.8 Å². The monoisotopic (exact) mass is 429 g/mol. The van der Waals surface area contributed by atoms with Crippen LogP contribution >= 0.6 is 0 Å². The van der Waals surface area contributed by atoms with Gasteiger partial charge >= 0.3 is 0 Å². The smallest absolute Gasteiger partial charge is 0.245 e. The van der Waals surface area contributed by atoms with E-state index in [1.807, 2.05) is 65.4 Å². The Balaban J connectivity index is 1.48. The molecule has 0 bridgehead atoms. The maximum Gasteiger partial charge on any atom is 0.245 e. The number of hydrogen-bond acceptors (Lipinski definition) is 3. The fourth-order valence-corrected chi connectivity index (χ4v) is 4.47. The first-order chi connectivity index (χ1) is 15.7. The predicted octanol–water partition coefficient (Wildman–Crippen LogP) is 3.62. The average molecular weight is 430 g/mol. The van der Waals surface area contributed by atoms with E-state index in [1.54, 1.807) is 0 Å². The summed E-state index contributed by atoms with van der Waals surface area (Å²) in [6.45, 7) is 2.57. The van der Waals surface area contributed by atoms with Crippen LogP contribution in [0.4, 0.5) is 0 Å². The van der Waals surface area contributed by atoms with Crippen LogP contribution in [0.1, 0.15) is 24.0 Å². The highest BCUT2D eigenvalue weighted by molar-refractivity contribution is 5.90. The number of hydrogen-bond donors (Lipinski definition) is 1. The molecule has 166 valence electrons. The molecule has 0 unspecified atom stereocenters. The lowest BCUT2D eigenvalue weighted by Gasteiger charge is -2.41. The van der Waals surface area contributed by atoms with E-state index < -0.39 is 6.04 Å². The van der Waals surface area contributed by atoms with Crippen molar-refractivity contribution in [2.24, 2.45) is 0 Å². The highest BCUT2D eigenvalue weighted by Gasteiger charge is 2.36. The molecule has 0 radical (unpaired) electrons. The first-order valence-corrected chi connectivity index (χ1v) is 11.4. The lowest BCUT2D eigenvalue weighted by molar-refractivity contribution is -0.152. The molecule has 0 aliphatic carbocycles. The molecule has 1 aliphatic heterocycles. The van der Waals surface area contributed by atoms with Crippen LogP contribution in [0.5, 0.6) is 0 Å². The Kier molecular flexibility index (Phi) is 7.17. The molecule has 3 aromatic rings. The van der Waals surface area contributed by atoms with E-state index in [0.717, 1.165) is 29.5 Å². The van der Waals surface area contributed by atoms with Crippen LogP contribution in [0.3, 0.4) is 0 Å². The molecule has 1 aliphatic rings. The molecule has 3 aromatic carbocycles. The fraction of sp³-hybridized carbons (Fsp3) is 0.333. The Labute approximate surface area is 190 Å². The second-order valence-electron chi connectivity index (χ2n) is 8.45. The lowest BCUT2D eigenvalue weighted by atomic mass is 10.0. The van der Waals surface area contributed by atoms with Gasteiger partial charge in [0.2, 0.25) is 11.8 Å². The molecule has 5 heteroatoms. The normalized spacial score (nSPS) is 16.5. The summed E-state index contributed by atoms with van der Waals surface area (Å²) >= 11 is 0. The molecule has 1 N–H and O–H groups in total. The molecule has 2 amide bonds. The van der Waals surface area contributed by atoms with Gasteiger partial charge in [0.05, 0.1) is 6.42 Å². The van der Waals surface area contributed by atoms with Gasteiger partial charge in [0, 0.05) is 19.6 Å². The maximum atomic E-state index is 13.4. The molecule has 1 saturated heterocycles. The Hall–Kier alpha value is -3.18. The Morgan fingerprint density at radius 3 is 2.47 bits per heavy atom. The van der Waals surface area contributed by atoms with Crippen molar-refractivity contribution >= 4 is 22.6 Å². The third-order valence-electron chi connectivity index (χ3n) is 6.19. The van der Waals surface area contributed by atoms with Crippen molar-refractivity contribution in [2.45, 2.75) is 31.8 Å². The van der Waals surface area contributed by atoms with Gasteiger partial charge in [-0.2, -0.15) is 0 Å². The summed E-state index contributed by atoms with van der Waals surface area (Å²) < 4.78 is 0. The number of benzene rings is 3. The van der Waals surface area contributed by atoms with Crippen molar-refractivity contribution in [3.63, 3.8) is 0 Å². The van der Waals surface area contributed by atoms with Crippen LogP contribution in [-0.2, 0) is 22.6 Å². The number of amides is 2. The number of nitrogens with zero attached hydrogens (tertiary/aromatic N) is 2. The van der Waals surface area contributed by atoms with Crippen LogP contribution < -0.4 is 5.32 Å². The van der Waals surface area contributed by atoms with Gasteiger partial charge in [0.25, 0.3) is 0 Å². The van der Waals surface area contributed by atoms with Crippen molar-refractivity contribution in [3.05, 3.63) is 83.9 Å². The fourth-order valence-electron chi connectivity index (χ4n) is 4.47. The van der Waals surface area contributed by atoms with Gasteiger partial charge in [-0.1, -0.05) is 72.8 Å². The molecule has 0 spiro atoms. The second kappa shape index (κ2) is 10.4. The SMILES string of the molecule is CNCCC[C@@H]1C(=O)N(Cc2ccccc2)CCN1C(=O)Cc1ccc2ccccc2c1. The molecule has 0 saturated carbocycles. The molecule has 1 heterocycles. The highest BCUT2D eigenvalue weighted by atomic mass is 16.2. The van der Waals surface area contributed by atoms with Crippen LogP contribution in [0.15, 0.2) is 72.8 Å². The van der Waals surface area contributed by atoms with Gasteiger partial charge in [-0.25, -0.2) is 0 Å². The van der Waals surface area contributed by atoms with Gasteiger partial charge in [-0.3, -0.25) is 9.59 Å². The van der Waals surface area contributed by atoms with E-state index in [-0.39, 0.29) is 11.8 Å². The van der Waals surface area contributed by atoms with Gasteiger partial charge in [0.15, 0.2) is 0 Å². The first-order valence-electron chi connectivity index (χ1n) is 11.4. The summed E-state index contributed by atoms with van der Waals surface area (Å²) in [5.74, 6) is 0.0884. The zero-order valence-electron chi connectivity index (χ0n) is 18.7. The van der Waals surface area contributed by atoms with Crippen molar-refractivity contribution in [1.82, 2.24) is 15.1 Å². The number of carbonyl (C=O) groups excluding carboxylic acids is 2. The third kappa shape index (κ3) is 5.17. The number of fused-ring (bicyclic) bond motifs is 1. The standard InChI is InChI=1S/C27H31N3O2/c1-28-15-7-12-25-27(32)29(20-21-8-3-2-4-9-21)16-17-30(25)26(31)19-22-13-14-23-10-5-6-11-24(23)18-22/h2-6,8-11,13-14,18,25,28H,7,12,15-17,19-20H2,1H3/t25-/m1/s1. The molecule has 1 fully saturated rings. The minimum atomic E-state index is -0.395. The topological polar surface area (TPSA) is 52.7 Å². The van der Waals surface area contributed by atoms with Crippen LogP contribution in [0.2, 0.25) is 0 Å². The molecule has 32 heavy (non-hydrogen) atoms. The van der Waals surface area contributed by atoms with E-state index in [4.69, 9.17) is 0 Å². The third-order valence-corrected chi connectivity index (χ3v) is 6.19. The largest absolute Gasteiger partial charge is 0.335 e. The maximum absolute atomic E-state index is 13.4. The van der Waals surface area contributed by atoms with Gasteiger partial charge in [-0.15, -0.1) is 0 Å². The van der Waals surface area contributed by atoms with E-state index in [1.165, 1.54) is 5.39 Å². The lowest BCUT2D eigenvalue weighted by Crippen LogP contribution is -2.58. The zero-order chi connectivity index (χ0) is 22.3.